The summed E-state index contributed by atoms with van der Waals surface area (Å²) in [7, 11) is 0. The number of hydrazine groups is 1. The van der Waals surface area contributed by atoms with Crippen LogP contribution in [0, 0.1) is 5.92 Å². The van der Waals surface area contributed by atoms with Crippen LogP contribution in [0.2, 0.25) is 0 Å². The van der Waals surface area contributed by atoms with E-state index >= 15 is 0 Å². The Morgan fingerprint density at radius 1 is 1.09 bits per heavy atom. The molecule has 0 spiro atoms. The van der Waals surface area contributed by atoms with E-state index in [9.17, 15) is 0 Å². The van der Waals surface area contributed by atoms with Crippen LogP contribution in [0.15, 0.2) is 36.0 Å². The SMILES string of the molecule is CC(C)C1=Cc2nc3ccccc3cc2CN1N1CCCC1. The van der Waals surface area contributed by atoms with Crippen molar-refractivity contribution in [3.8, 4) is 0 Å². The zero-order valence-electron chi connectivity index (χ0n) is 13.4. The quantitative estimate of drug-likeness (QED) is 0.832. The minimum Gasteiger partial charge on any atom is -0.305 e. The largest absolute Gasteiger partial charge is 0.305 e. The van der Waals surface area contributed by atoms with E-state index in [1.54, 1.807) is 0 Å². The maximum absolute atomic E-state index is 4.89. The van der Waals surface area contributed by atoms with Crippen LogP contribution >= 0.6 is 0 Å². The van der Waals surface area contributed by atoms with Gasteiger partial charge in [0.05, 0.1) is 17.8 Å². The number of allylic oxidation sites excluding steroid dienone is 1. The van der Waals surface area contributed by atoms with Crippen molar-refractivity contribution in [2.45, 2.75) is 33.2 Å². The van der Waals surface area contributed by atoms with Crippen LogP contribution in [0.5, 0.6) is 0 Å². The molecule has 0 unspecified atom stereocenters. The number of fused-ring (bicyclic) bond motifs is 2. The Bertz CT molecular complexity index is 727. The highest BCUT2D eigenvalue weighted by molar-refractivity contribution is 5.81. The van der Waals surface area contributed by atoms with Crippen molar-refractivity contribution in [2.75, 3.05) is 13.1 Å². The molecule has 1 saturated heterocycles. The van der Waals surface area contributed by atoms with Crippen LogP contribution in [-0.2, 0) is 6.54 Å². The van der Waals surface area contributed by atoms with E-state index in [0.717, 1.165) is 17.8 Å². The monoisotopic (exact) mass is 293 g/mol. The molecular weight excluding hydrogens is 270 g/mol. The van der Waals surface area contributed by atoms with E-state index in [4.69, 9.17) is 4.98 Å². The lowest BCUT2D eigenvalue weighted by Gasteiger charge is -2.39. The Labute approximate surface area is 132 Å². The van der Waals surface area contributed by atoms with Crippen LogP contribution in [0.1, 0.15) is 37.9 Å². The number of rotatable bonds is 2. The average Bonchev–Trinajstić information content (AvgIpc) is 3.05. The molecule has 1 aromatic carbocycles. The molecule has 3 nitrogen and oxygen atoms in total. The summed E-state index contributed by atoms with van der Waals surface area (Å²) in [6.07, 6.45) is 4.92. The topological polar surface area (TPSA) is 19.4 Å². The van der Waals surface area contributed by atoms with Crippen LogP contribution in [0.25, 0.3) is 17.0 Å². The van der Waals surface area contributed by atoms with Gasteiger partial charge in [-0.3, -0.25) is 0 Å². The van der Waals surface area contributed by atoms with Crippen LogP contribution in [0.4, 0.5) is 0 Å². The fourth-order valence-electron chi connectivity index (χ4n) is 3.56. The van der Waals surface area contributed by atoms with Crippen LogP contribution in [-0.4, -0.2) is 28.1 Å². The third kappa shape index (κ3) is 2.30. The molecule has 3 heteroatoms. The third-order valence-electron chi connectivity index (χ3n) is 4.75. The number of benzene rings is 1. The second kappa shape index (κ2) is 5.40. The maximum Gasteiger partial charge on any atom is 0.0709 e. The van der Waals surface area contributed by atoms with E-state index in [-0.39, 0.29) is 0 Å². The Kier molecular flexibility index (Phi) is 3.38. The lowest BCUT2D eigenvalue weighted by molar-refractivity contribution is 0.0152. The summed E-state index contributed by atoms with van der Waals surface area (Å²) in [6.45, 7) is 7.87. The Morgan fingerprint density at radius 3 is 2.64 bits per heavy atom. The lowest BCUT2D eigenvalue weighted by Crippen LogP contribution is -2.42. The molecule has 0 N–H and O–H groups in total. The number of para-hydroxylation sites is 1. The standard InChI is InChI=1S/C19H23N3/c1-14(2)19-12-18-16(13-22(19)21-9-5-6-10-21)11-15-7-3-4-8-17(15)20-18/h3-4,7-8,11-12,14H,5-6,9-10,13H2,1-2H3. The molecule has 114 valence electrons. The number of hydrogen-bond acceptors (Lipinski definition) is 3. The van der Waals surface area contributed by atoms with Gasteiger partial charge in [-0.2, -0.15) is 0 Å². The molecule has 4 rings (SSSR count). The fourth-order valence-corrected chi connectivity index (χ4v) is 3.56. The summed E-state index contributed by atoms with van der Waals surface area (Å²) in [5, 5.41) is 6.25. The van der Waals surface area contributed by atoms with Gasteiger partial charge < -0.3 is 5.01 Å². The minimum atomic E-state index is 0.516. The Morgan fingerprint density at radius 2 is 1.86 bits per heavy atom. The summed E-state index contributed by atoms with van der Waals surface area (Å²) in [6, 6.07) is 10.7. The van der Waals surface area contributed by atoms with Crippen molar-refractivity contribution in [3.63, 3.8) is 0 Å². The van der Waals surface area contributed by atoms with Gasteiger partial charge in [0, 0.05) is 24.2 Å². The zero-order chi connectivity index (χ0) is 15.1. The number of hydrogen-bond donors (Lipinski definition) is 0. The zero-order valence-corrected chi connectivity index (χ0v) is 13.4. The second-order valence-corrected chi connectivity index (χ2v) is 6.67. The number of pyridine rings is 1. The molecule has 0 radical (unpaired) electrons. The summed E-state index contributed by atoms with van der Waals surface area (Å²) in [5.74, 6) is 0.516. The summed E-state index contributed by atoms with van der Waals surface area (Å²) in [4.78, 5) is 4.89. The molecule has 0 bridgehead atoms. The molecule has 22 heavy (non-hydrogen) atoms. The van der Waals surface area contributed by atoms with Crippen molar-refractivity contribution < 1.29 is 0 Å². The highest BCUT2D eigenvalue weighted by Crippen LogP contribution is 2.32. The molecule has 0 saturated carbocycles. The first-order valence-electron chi connectivity index (χ1n) is 8.35. The van der Waals surface area contributed by atoms with Gasteiger partial charge in [0.25, 0.3) is 0 Å². The van der Waals surface area contributed by atoms with Gasteiger partial charge in [-0.15, -0.1) is 0 Å². The third-order valence-corrected chi connectivity index (χ3v) is 4.75. The predicted octanol–water partition coefficient (Wildman–Crippen LogP) is 4.06. The van der Waals surface area contributed by atoms with Crippen LogP contribution < -0.4 is 0 Å². The minimum absolute atomic E-state index is 0.516. The molecule has 2 aliphatic rings. The van der Waals surface area contributed by atoms with E-state index in [2.05, 4.69) is 60.3 Å². The molecule has 1 fully saturated rings. The molecule has 0 atom stereocenters. The van der Waals surface area contributed by atoms with Gasteiger partial charge in [0.15, 0.2) is 0 Å². The van der Waals surface area contributed by atoms with Crippen molar-refractivity contribution in [3.05, 3.63) is 47.3 Å². The maximum atomic E-state index is 4.89. The Hall–Kier alpha value is -1.87. The van der Waals surface area contributed by atoms with Crippen molar-refractivity contribution in [1.82, 2.24) is 15.0 Å². The van der Waals surface area contributed by atoms with Gasteiger partial charge in [-0.25, -0.2) is 9.99 Å². The highest BCUT2D eigenvalue weighted by atomic mass is 15.6. The first-order valence-corrected chi connectivity index (χ1v) is 8.35. The van der Waals surface area contributed by atoms with Crippen LogP contribution in [0.3, 0.4) is 0 Å². The van der Waals surface area contributed by atoms with E-state index in [0.29, 0.717) is 5.92 Å². The van der Waals surface area contributed by atoms with Gasteiger partial charge in [0.1, 0.15) is 0 Å². The Balaban J connectivity index is 1.80. The average molecular weight is 293 g/mol. The first-order chi connectivity index (χ1) is 10.7. The van der Waals surface area contributed by atoms with Gasteiger partial charge in [-0.05, 0) is 42.5 Å². The lowest BCUT2D eigenvalue weighted by atomic mass is 10.00. The highest BCUT2D eigenvalue weighted by Gasteiger charge is 2.27. The van der Waals surface area contributed by atoms with Crippen molar-refractivity contribution in [1.29, 1.82) is 0 Å². The summed E-state index contributed by atoms with van der Waals surface area (Å²) >= 11 is 0. The first kappa shape index (κ1) is 13.8. The van der Waals surface area contributed by atoms with E-state index in [1.807, 2.05) is 0 Å². The molecule has 2 aliphatic heterocycles. The number of nitrogens with zero attached hydrogens (tertiary/aromatic N) is 3. The molecule has 1 aromatic heterocycles. The van der Waals surface area contributed by atoms with Gasteiger partial charge in [0.2, 0.25) is 0 Å². The summed E-state index contributed by atoms with van der Waals surface area (Å²) < 4.78 is 0. The molecule has 3 heterocycles. The fraction of sp³-hybridized carbons (Fsp3) is 0.421. The predicted molar refractivity (Wildman–Crippen MR) is 90.9 cm³/mol. The van der Waals surface area contributed by atoms with Crippen molar-refractivity contribution >= 4 is 17.0 Å². The normalized spacial score (nSPS) is 18.9. The van der Waals surface area contributed by atoms with Gasteiger partial charge >= 0.3 is 0 Å². The van der Waals surface area contributed by atoms with E-state index < -0.39 is 0 Å². The molecule has 2 aromatic rings. The van der Waals surface area contributed by atoms with Gasteiger partial charge in [-0.1, -0.05) is 32.0 Å². The number of aromatic nitrogens is 1. The molecule has 0 amide bonds. The van der Waals surface area contributed by atoms with Crippen molar-refractivity contribution in [2.24, 2.45) is 5.92 Å². The second-order valence-electron chi connectivity index (χ2n) is 6.67. The smallest absolute Gasteiger partial charge is 0.0709 e. The molecule has 0 aliphatic carbocycles. The summed E-state index contributed by atoms with van der Waals surface area (Å²) in [5.41, 5.74) is 4.99. The molecular formula is C19H23N3. The van der Waals surface area contributed by atoms with E-state index in [1.165, 1.54) is 42.6 Å².